The summed E-state index contributed by atoms with van der Waals surface area (Å²) in [5.41, 5.74) is 15.5. The van der Waals surface area contributed by atoms with Crippen LogP contribution in [0.3, 0.4) is 0 Å². The average molecular weight is 424 g/mol. The number of amides is 1. The van der Waals surface area contributed by atoms with Crippen molar-refractivity contribution in [3.63, 3.8) is 0 Å². The van der Waals surface area contributed by atoms with Crippen molar-refractivity contribution >= 4 is 17.3 Å². The number of anilines is 2. The summed E-state index contributed by atoms with van der Waals surface area (Å²) in [6.45, 7) is 2.01. The van der Waals surface area contributed by atoms with Crippen LogP contribution in [0.25, 0.3) is 0 Å². The lowest BCUT2D eigenvalue weighted by Gasteiger charge is -2.36. The van der Waals surface area contributed by atoms with E-state index in [9.17, 15) is 9.90 Å². The predicted molar refractivity (Wildman–Crippen MR) is 122 cm³/mol. The van der Waals surface area contributed by atoms with Gasteiger partial charge in [-0.2, -0.15) is 0 Å². The van der Waals surface area contributed by atoms with E-state index in [2.05, 4.69) is 15.3 Å². The molecule has 0 aliphatic heterocycles. The second-order valence-electron chi connectivity index (χ2n) is 9.23. The molecule has 31 heavy (non-hydrogen) atoms. The molecule has 7 heteroatoms. The van der Waals surface area contributed by atoms with E-state index in [4.69, 9.17) is 11.5 Å². The number of nitrogens with two attached hydrogens (primary N) is 2. The highest BCUT2D eigenvalue weighted by Crippen LogP contribution is 2.39. The lowest BCUT2D eigenvalue weighted by Crippen LogP contribution is -2.44. The molecule has 0 radical (unpaired) electrons. The Kier molecular flexibility index (Phi) is 6.53. The number of rotatable bonds is 4. The fourth-order valence-corrected chi connectivity index (χ4v) is 5.17. The molecule has 4 rings (SSSR count). The van der Waals surface area contributed by atoms with Gasteiger partial charge in [-0.15, -0.1) is 0 Å². The van der Waals surface area contributed by atoms with Crippen LogP contribution in [0.4, 0.5) is 11.4 Å². The van der Waals surface area contributed by atoms with Crippen LogP contribution in [0.15, 0.2) is 30.6 Å². The largest absolute Gasteiger partial charge is 0.397 e. The molecular weight excluding hydrogens is 390 g/mol. The fraction of sp³-hybridized carbons (Fsp3) is 0.542. The number of aliphatic hydroxyl groups is 1. The van der Waals surface area contributed by atoms with Crippen LogP contribution >= 0.6 is 0 Å². The highest BCUT2D eigenvalue weighted by Gasteiger charge is 2.34. The Labute approximate surface area is 183 Å². The Morgan fingerprint density at radius 1 is 1.13 bits per heavy atom. The van der Waals surface area contributed by atoms with Crippen molar-refractivity contribution in [3.05, 3.63) is 47.5 Å². The van der Waals surface area contributed by atoms with Gasteiger partial charge >= 0.3 is 0 Å². The summed E-state index contributed by atoms with van der Waals surface area (Å²) < 4.78 is 0. The van der Waals surface area contributed by atoms with Crippen molar-refractivity contribution in [2.45, 2.75) is 75.9 Å². The minimum absolute atomic E-state index is 0.0925. The lowest BCUT2D eigenvalue weighted by molar-refractivity contribution is 0.0521. The van der Waals surface area contributed by atoms with E-state index in [1.807, 2.05) is 19.1 Å². The first-order valence-electron chi connectivity index (χ1n) is 11.4. The van der Waals surface area contributed by atoms with E-state index in [1.54, 1.807) is 18.5 Å². The average Bonchev–Trinajstić information content (AvgIpc) is 2.78. The first kappa shape index (κ1) is 21.7. The highest BCUT2D eigenvalue weighted by atomic mass is 16.3. The molecule has 4 atom stereocenters. The Morgan fingerprint density at radius 3 is 2.65 bits per heavy atom. The third kappa shape index (κ3) is 4.72. The van der Waals surface area contributed by atoms with E-state index in [1.165, 1.54) is 19.3 Å². The van der Waals surface area contributed by atoms with Crippen LogP contribution < -0.4 is 16.8 Å². The summed E-state index contributed by atoms with van der Waals surface area (Å²) in [5.74, 6) is 0.310. The molecule has 1 amide bonds. The van der Waals surface area contributed by atoms with Gasteiger partial charge in [-0.25, -0.2) is 4.98 Å². The van der Waals surface area contributed by atoms with Gasteiger partial charge in [0.15, 0.2) is 5.69 Å². The number of carbonyl (C=O) groups is 1. The van der Waals surface area contributed by atoms with Gasteiger partial charge < -0.3 is 21.9 Å². The third-order valence-electron chi connectivity index (χ3n) is 6.96. The van der Waals surface area contributed by atoms with Gasteiger partial charge in [0.2, 0.25) is 0 Å². The van der Waals surface area contributed by atoms with Crippen molar-refractivity contribution < 1.29 is 9.90 Å². The molecule has 2 aromatic rings. The van der Waals surface area contributed by atoms with Gasteiger partial charge in [-0.1, -0.05) is 26.2 Å². The number of nitrogens with zero attached hydrogens (tertiary/aromatic N) is 2. The second-order valence-corrected chi connectivity index (χ2v) is 9.23. The zero-order valence-electron chi connectivity index (χ0n) is 18.1. The van der Waals surface area contributed by atoms with Gasteiger partial charge in [0, 0.05) is 23.9 Å². The summed E-state index contributed by atoms with van der Waals surface area (Å²) in [5, 5.41) is 13.2. The molecule has 2 fully saturated rings. The van der Waals surface area contributed by atoms with Gasteiger partial charge in [-0.3, -0.25) is 9.78 Å². The zero-order chi connectivity index (χ0) is 22.0. The summed E-state index contributed by atoms with van der Waals surface area (Å²) >= 11 is 0. The Hall–Kier alpha value is -2.51. The van der Waals surface area contributed by atoms with Crippen LogP contribution in [-0.4, -0.2) is 33.1 Å². The van der Waals surface area contributed by atoms with Crippen LogP contribution in [0.1, 0.15) is 85.5 Å². The standard InChI is InChI=1S/C24H33N5O2/c1-14-11-16(12-19(26)23(14)30)17-9-10-27-13-21(17)29-24(31)22-18(25)7-8-20(28-22)15-5-3-2-4-6-15/h7-10,13-16,19,23,30H,2-6,11-12,25-26H2,1H3,(H,29,31). The number of hydrogen-bond donors (Lipinski definition) is 4. The quantitative estimate of drug-likeness (QED) is 0.595. The molecule has 0 bridgehead atoms. The summed E-state index contributed by atoms with van der Waals surface area (Å²) in [6.07, 6.45) is 10.2. The number of hydrogen-bond acceptors (Lipinski definition) is 6. The van der Waals surface area contributed by atoms with Crippen LogP contribution in [0.2, 0.25) is 0 Å². The van der Waals surface area contributed by atoms with Crippen molar-refractivity contribution in [1.82, 2.24) is 9.97 Å². The van der Waals surface area contributed by atoms with Crippen LogP contribution in [0.5, 0.6) is 0 Å². The van der Waals surface area contributed by atoms with E-state index < -0.39 is 6.10 Å². The topological polar surface area (TPSA) is 127 Å². The first-order chi connectivity index (χ1) is 14.9. The van der Waals surface area contributed by atoms with E-state index >= 15 is 0 Å². The molecule has 2 aliphatic carbocycles. The summed E-state index contributed by atoms with van der Waals surface area (Å²) in [4.78, 5) is 22.0. The minimum Gasteiger partial charge on any atom is -0.397 e. The smallest absolute Gasteiger partial charge is 0.276 e. The van der Waals surface area contributed by atoms with Gasteiger partial charge in [0.05, 0.1) is 23.7 Å². The van der Waals surface area contributed by atoms with Gasteiger partial charge in [-0.05, 0) is 61.3 Å². The Balaban J connectivity index is 1.56. The minimum atomic E-state index is -0.498. The Morgan fingerprint density at radius 2 is 1.90 bits per heavy atom. The van der Waals surface area contributed by atoms with Crippen molar-refractivity contribution in [2.75, 3.05) is 11.1 Å². The molecule has 7 nitrogen and oxygen atoms in total. The van der Waals surface area contributed by atoms with Crippen molar-refractivity contribution in [2.24, 2.45) is 11.7 Å². The van der Waals surface area contributed by atoms with Crippen molar-refractivity contribution in [3.8, 4) is 0 Å². The molecule has 0 spiro atoms. The maximum absolute atomic E-state index is 13.1. The highest BCUT2D eigenvalue weighted by molar-refractivity contribution is 6.06. The molecule has 4 unspecified atom stereocenters. The molecule has 2 heterocycles. The van der Waals surface area contributed by atoms with Gasteiger partial charge in [0.1, 0.15) is 0 Å². The second kappa shape index (κ2) is 9.32. The number of aliphatic hydroxyl groups excluding tert-OH is 1. The molecule has 2 saturated carbocycles. The number of nitrogens with one attached hydrogen (secondary N) is 1. The maximum atomic E-state index is 13.1. The van der Waals surface area contributed by atoms with Crippen LogP contribution in [-0.2, 0) is 0 Å². The fourth-order valence-electron chi connectivity index (χ4n) is 5.17. The lowest BCUT2D eigenvalue weighted by atomic mass is 9.74. The molecule has 0 saturated heterocycles. The molecule has 166 valence electrons. The van der Waals surface area contributed by atoms with Gasteiger partial charge in [0.25, 0.3) is 5.91 Å². The molecule has 6 N–H and O–H groups in total. The first-order valence-corrected chi connectivity index (χ1v) is 11.4. The van der Waals surface area contributed by atoms with E-state index in [0.717, 1.165) is 30.5 Å². The monoisotopic (exact) mass is 423 g/mol. The van der Waals surface area contributed by atoms with E-state index in [-0.39, 0.29) is 29.5 Å². The SMILES string of the molecule is CC1CC(c2ccncc2NC(=O)c2nc(C3CCCCC3)ccc2N)CC(N)C1O. The third-order valence-corrected chi connectivity index (χ3v) is 6.96. The number of aromatic nitrogens is 2. The Bertz CT molecular complexity index is 916. The molecular formula is C24H33N5O2. The number of pyridine rings is 2. The summed E-state index contributed by atoms with van der Waals surface area (Å²) in [6, 6.07) is 5.38. The number of nitrogen functional groups attached to an aromatic ring is 1. The van der Waals surface area contributed by atoms with Crippen molar-refractivity contribution in [1.29, 1.82) is 0 Å². The molecule has 2 aromatic heterocycles. The summed E-state index contributed by atoms with van der Waals surface area (Å²) in [7, 11) is 0. The van der Waals surface area contributed by atoms with E-state index in [0.29, 0.717) is 23.7 Å². The maximum Gasteiger partial charge on any atom is 0.276 e. The predicted octanol–water partition coefficient (Wildman–Crippen LogP) is 3.56. The molecule has 2 aliphatic rings. The normalized spacial score (nSPS) is 27.1. The van der Waals surface area contributed by atoms with Crippen LogP contribution in [0, 0.1) is 5.92 Å². The zero-order valence-corrected chi connectivity index (χ0v) is 18.1. The number of carbonyl (C=O) groups excluding carboxylic acids is 1. The molecule has 0 aromatic carbocycles.